The lowest BCUT2D eigenvalue weighted by Gasteiger charge is -2.15. The molecule has 2 aromatic carbocycles. The molecule has 0 heterocycles. The number of benzene rings is 2. The van der Waals surface area contributed by atoms with Crippen LogP contribution >= 0.6 is 15.9 Å². The molecule has 0 saturated carbocycles. The van der Waals surface area contributed by atoms with E-state index in [-0.39, 0.29) is 0 Å². The highest BCUT2D eigenvalue weighted by atomic mass is 79.9. The molecule has 0 bridgehead atoms. The van der Waals surface area contributed by atoms with Crippen LogP contribution in [0.3, 0.4) is 0 Å². The van der Waals surface area contributed by atoms with Gasteiger partial charge >= 0.3 is 0 Å². The second kappa shape index (κ2) is 8.05. The topological polar surface area (TPSA) is 30.5 Å². The summed E-state index contributed by atoms with van der Waals surface area (Å²) in [5, 5.41) is 3.14. The molecule has 2 aromatic rings. The average Bonchev–Trinajstić information content (AvgIpc) is 2.48. The molecular formula is C17H20BrNO2. The van der Waals surface area contributed by atoms with Crippen molar-refractivity contribution >= 4 is 15.9 Å². The van der Waals surface area contributed by atoms with E-state index >= 15 is 0 Å². The monoisotopic (exact) mass is 349 g/mol. The number of halogens is 1. The Balaban J connectivity index is 2.20. The van der Waals surface area contributed by atoms with Crippen molar-refractivity contribution in [3.63, 3.8) is 0 Å². The zero-order chi connectivity index (χ0) is 15.1. The minimum Gasteiger partial charge on any atom is -0.490 e. The first-order chi connectivity index (χ1) is 10.2. The van der Waals surface area contributed by atoms with Crippen LogP contribution in [0.1, 0.15) is 18.1 Å². The van der Waals surface area contributed by atoms with Crippen LogP contribution in [0, 0.1) is 0 Å². The molecule has 112 valence electrons. The van der Waals surface area contributed by atoms with Crippen LogP contribution in [-0.2, 0) is 13.2 Å². The maximum atomic E-state index is 5.95. The molecule has 0 atom stereocenters. The van der Waals surface area contributed by atoms with Crippen LogP contribution in [0.2, 0.25) is 0 Å². The van der Waals surface area contributed by atoms with Gasteiger partial charge in [0.25, 0.3) is 0 Å². The summed E-state index contributed by atoms with van der Waals surface area (Å²) < 4.78 is 12.6. The molecule has 0 amide bonds. The van der Waals surface area contributed by atoms with E-state index in [0.717, 1.165) is 33.6 Å². The summed E-state index contributed by atoms with van der Waals surface area (Å²) in [4.78, 5) is 0. The van der Waals surface area contributed by atoms with Gasteiger partial charge in [-0.3, -0.25) is 0 Å². The van der Waals surface area contributed by atoms with Crippen LogP contribution in [0.25, 0.3) is 0 Å². The van der Waals surface area contributed by atoms with Crippen molar-refractivity contribution in [2.24, 2.45) is 0 Å². The van der Waals surface area contributed by atoms with Gasteiger partial charge in [0.2, 0.25) is 0 Å². The largest absolute Gasteiger partial charge is 0.490 e. The van der Waals surface area contributed by atoms with Gasteiger partial charge in [-0.2, -0.15) is 0 Å². The third-order valence-electron chi connectivity index (χ3n) is 2.98. The molecule has 1 N–H and O–H groups in total. The molecule has 0 aliphatic carbocycles. The van der Waals surface area contributed by atoms with Gasteiger partial charge in [0.05, 0.1) is 11.1 Å². The number of hydrogen-bond acceptors (Lipinski definition) is 3. The first-order valence-electron chi connectivity index (χ1n) is 7.01. The van der Waals surface area contributed by atoms with Crippen LogP contribution in [0.4, 0.5) is 0 Å². The van der Waals surface area contributed by atoms with Crippen molar-refractivity contribution in [2.75, 3.05) is 13.7 Å². The van der Waals surface area contributed by atoms with Gasteiger partial charge in [-0.15, -0.1) is 0 Å². The normalized spacial score (nSPS) is 10.4. The number of ether oxygens (including phenoxy) is 2. The van der Waals surface area contributed by atoms with Gasteiger partial charge in [-0.25, -0.2) is 0 Å². The summed E-state index contributed by atoms with van der Waals surface area (Å²) in [5.74, 6) is 1.52. The standard InChI is InChI=1S/C17H20BrNO2/c1-3-20-16-10-14(11-19-2)9-15(18)17(16)21-12-13-7-5-4-6-8-13/h4-10,19H,3,11-12H2,1-2H3. The Morgan fingerprint density at radius 1 is 1.05 bits per heavy atom. The number of nitrogens with one attached hydrogen (secondary N) is 1. The minimum absolute atomic E-state index is 0.519. The molecule has 3 nitrogen and oxygen atoms in total. The quantitative estimate of drug-likeness (QED) is 0.814. The van der Waals surface area contributed by atoms with Crippen LogP contribution in [0.15, 0.2) is 46.9 Å². The zero-order valence-corrected chi connectivity index (χ0v) is 13.9. The Labute approximate surface area is 134 Å². The van der Waals surface area contributed by atoms with Crippen molar-refractivity contribution in [3.8, 4) is 11.5 Å². The zero-order valence-electron chi connectivity index (χ0n) is 12.4. The van der Waals surface area contributed by atoms with Gasteiger partial charge in [0.15, 0.2) is 11.5 Å². The van der Waals surface area contributed by atoms with Crippen molar-refractivity contribution in [2.45, 2.75) is 20.1 Å². The molecule has 0 fully saturated rings. The van der Waals surface area contributed by atoms with Crippen molar-refractivity contribution < 1.29 is 9.47 Å². The number of rotatable bonds is 7. The lowest BCUT2D eigenvalue weighted by atomic mass is 10.2. The van der Waals surface area contributed by atoms with E-state index in [1.54, 1.807) is 0 Å². The SMILES string of the molecule is CCOc1cc(CNC)cc(Br)c1OCc1ccccc1. The summed E-state index contributed by atoms with van der Waals surface area (Å²) in [5.41, 5.74) is 2.28. The van der Waals surface area contributed by atoms with Gasteiger partial charge in [0, 0.05) is 6.54 Å². The predicted octanol–water partition coefficient (Wildman–Crippen LogP) is 4.15. The minimum atomic E-state index is 0.519. The number of hydrogen-bond donors (Lipinski definition) is 1. The van der Waals surface area contributed by atoms with Crippen LogP contribution < -0.4 is 14.8 Å². The predicted molar refractivity (Wildman–Crippen MR) is 88.8 cm³/mol. The Morgan fingerprint density at radius 2 is 1.81 bits per heavy atom. The van der Waals surface area contributed by atoms with E-state index in [2.05, 4.69) is 27.3 Å². The summed E-state index contributed by atoms with van der Waals surface area (Å²) in [6.45, 7) is 3.89. The molecule has 0 spiro atoms. The molecule has 0 saturated heterocycles. The molecule has 0 aliphatic rings. The summed E-state index contributed by atoms with van der Waals surface area (Å²) in [7, 11) is 1.92. The van der Waals surface area contributed by atoms with Crippen molar-refractivity contribution in [1.82, 2.24) is 5.32 Å². The first kappa shape index (κ1) is 15.9. The van der Waals surface area contributed by atoms with Gasteiger partial charge in [0.1, 0.15) is 6.61 Å². The molecule has 0 unspecified atom stereocenters. The van der Waals surface area contributed by atoms with Gasteiger partial charge in [-0.1, -0.05) is 30.3 Å². The summed E-state index contributed by atoms with van der Waals surface area (Å²) >= 11 is 3.58. The molecule has 21 heavy (non-hydrogen) atoms. The molecule has 0 aromatic heterocycles. The Morgan fingerprint density at radius 3 is 2.48 bits per heavy atom. The maximum Gasteiger partial charge on any atom is 0.175 e. The second-order valence-corrected chi connectivity index (χ2v) is 5.50. The Kier molecular flexibility index (Phi) is 6.08. The Hall–Kier alpha value is -1.52. The van der Waals surface area contributed by atoms with Gasteiger partial charge in [-0.05, 0) is 53.2 Å². The highest BCUT2D eigenvalue weighted by Gasteiger charge is 2.12. The van der Waals surface area contributed by atoms with E-state index in [4.69, 9.17) is 9.47 Å². The molecule has 4 heteroatoms. The average molecular weight is 350 g/mol. The fraction of sp³-hybridized carbons (Fsp3) is 0.294. The highest BCUT2D eigenvalue weighted by Crippen LogP contribution is 2.37. The fourth-order valence-corrected chi connectivity index (χ4v) is 2.66. The third kappa shape index (κ3) is 4.48. The van der Waals surface area contributed by atoms with Gasteiger partial charge < -0.3 is 14.8 Å². The van der Waals surface area contributed by atoms with Crippen molar-refractivity contribution in [1.29, 1.82) is 0 Å². The molecule has 2 rings (SSSR count). The fourth-order valence-electron chi connectivity index (χ4n) is 2.06. The van der Waals surface area contributed by atoms with E-state index in [1.165, 1.54) is 0 Å². The van der Waals surface area contributed by atoms with Crippen LogP contribution in [-0.4, -0.2) is 13.7 Å². The van der Waals surface area contributed by atoms with Crippen molar-refractivity contribution in [3.05, 3.63) is 58.1 Å². The molecular weight excluding hydrogens is 330 g/mol. The van der Waals surface area contributed by atoms with E-state index in [1.807, 2.05) is 50.4 Å². The third-order valence-corrected chi connectivity index (χ3v) is 3.57. The van der Waals surface area contributed by atoms with E-state index in [9.17, 15) is 0 Å². The lowest BCUT2D eigenvalue weighted by molar-refractivity contribution is 0.267. The summed E-state index contributed by atoms with van der Waals surface area (Å²) in [6.07, 6.45) is 0. The lowest BCUT2D eigenvalue weighted by Crippen LogP contribution is -2.07. The summed E-state index contributed by atoms with van der Waals surface area (Å²) in [6, 6.07) is 14.2. The second-order valence-electron chi connectivity index (χ2n) is 4.64. The smallest absolute Gasteiger partial charge is 0.175 e. The molecule has 0 radical (unpaired) electrons. The first-order valence-corrected chi connectivity index (χ1v) is 7.80. The molecule has 0 aliphatic heterocycles. The van der Waals surface area contributed by atoms with Crippen LogP contribution in [0.5, 0.6) is 11.5 Å². The van der Waals surface area contributed by atoms with E-state index < -0.39 is 0 Å². The maximum absolute atomic E-state index is 5.95. The van der Waals surface area contributed by atoms with E-state index in [0.29, 0.717) is 13.2 Å². The Bertz CT molecular complexity index is 573. The highest BCUT2D eigenvalue weighted by molar-refractivity contribution is 9.10.